The minimum absolute atomic E-state index is 0.0240. The van der Waals surface area contributed by atoms with E-state index < -0.39 is 5.91 Å². The number of amides is 1. The highest BCUT2D eigenvalue weighted by Crippen LogP contribution is 2.15. The number of nitriles is 2. The van der Waals surface area contributed by atoms with Gasteiger partial charge in [-0.05, 0) is 24.3 Å². The number of rotatable bonds is 5. The van der Waals surface area contributed by atoms with E-state index in [9.17, 15) is 4.79 Å². The van der Waals surface area contributed by atoms with Crippen LogP contribution < -0.4 is 15.8 Å². The van der Waals surface area contributed by atoms with E-state index in [1.54, 1.807) is 36.4 Å². The second-order valence-corrected chi connectivity index (χ2v) is 3.21. The van der Waals surface area contributed by atoms with Gasteiger partial charge < -0.3 is 15.8 Å². The van der Waals surface area contributed by atoms with Crippen LogP contribution in [0, 0.1) is 22.7 Å². The Morgan fingerprint density at radius 1 is 1.33 bits per heavy atom. The van der Waals surface area contributed by atoms with E-state index in [4.69, 9.17) is 21.0 Å². The average Bonchev–Trinajstić information content (AvgIpc) is 2.39. The number of ether oxygens (including phenoxy) is 1. The summed E-state index contributed by atoms with van der Waals surface area (Å²) in [5.74, 6) is -0.0445. The van der Waals surface area contributed by atoms with Gasteiger partial charge in [-0.3, -0.25) is 4.79 Å². The van der Waals surface area contributed by atoms with Crippen molar-refractivity contribution in [3.63, 3.8) is 0 Å². The first-order valence-corrected chi connectivity index (χ1v) is 4.94. The summed E-state index contributed by atoms with van der Waals surface area (Å²) in [6.45, 7) is -0.181. The SMILES string of the molecule is N#CC(C#N)=CNc1ccc(OCC(N)=O)cc1. The first-order chi connectivity index (χ1) is 8.65. The Balaban J connectivity index is 2.61. The molecule has 0 aromatic heterocycles. The number of allylic oxidation sites excluding steroid dienone is 1. The second-order valence-electron chi connectivity index (χ2n) is 3.21. The van der Waals surface area contributed by atoms with Gasteiger partial charge in [-0.25, -0.2) is 0 Å². The molecule has 1 aromatic carbocycles. The number of carbonyl (C=O) groups is 1. The third-order valence-electron chi connectivity index (χ3n) is 1.86. The van der Waals surface area contributed by atoms with Crippen molar-refractivity contribution in [2.45, 2.75) is 0 Å². The lowest BCUT2D eigenvalue weighted by Gasteiger charge is -2.05. The first kappa shape index (κ1) is 13.1. The van der Waals surface area contributed by atoms with E-state index in [1.807, 2.05) is 0 Å². The molecule has 18 heavy (non-hydrogen) atoms. The normalized spacial score (nSPS) is 8.56. The molecular weight excluding hydrogens is 232 g/mol. The highest BCUT2D eigenvalue weighted by molar-refractivity contribution is 5.75. The van der Waals surface area contributed by atoms with Gasteiger partial charge in [0.1, 0.15) is 23.5 Å². The molecule has 1 amide bonds. The fraction of sp³-hybridized carbons (Fsp3) is 0.0833. The Morgan fingerprint density at radius 3 is 2.44 bits per heavy atom. The molecule has 0 aliphatic rings. The molecule has 0 radical (unpaired) electrons. The van der Waals surface area contributed by atoms with E-state index in [2.05, 4.69) is 5.32 Å². The number of primary amides is 1. The predicted molar refractivity (Wildman–Crippen MR) is 64.1 cm³/mol. The Bertz CT molecular complexity index is 519. The molecule has 1 rings (SSSR count). The van der Waals surface area contributed by atoms with Crippen LogP contribution in [0.2, 0.25) is 0 Å². The Hall–Kier alpha value is -2.99. The van der Waals surface area contributed by atoms with Crippen LogP contribution in [0.5, 0.6) is 5.75 Å². The van der Waals surface area contributed by atoms with E-state index in [0.29, 0.717) is 11.4 Å². The summed E-state index contributed by atoms with van der Waals surface area (Å²) >= 11 is 0. The van der Waals surface area contributed by atoms with Crippen LogP contribution in [0.25, 0.3) is 0 Å². The molecule has 6 heteroatoms. The zero-order valence-electron chi connectivity index (χ0n) is 9.38. The Morgan fingerprint density at radius 2 is 1.94 bits per heavy atom. The van der Waals surface area contributed by atoms with E-state index in [-0.39, 0.29) is 12.2 Å². The third-order valence-corrected chi connectivity index (χ3v) is 1.86. The minimum atomic E-state index is -0.548. The largest absolute Gasteiger partial charge is 0.484 e. The van der Waals surface area contributed by atoms with Gasteiger partial charge in [-0.2, -0.15) is 10.5 Å². The van der Waals surface area contributed by atoms with Crippen molar-refractivity contribution in [2.24, 2.45) is 5.73 Å². The maximum Gasteiger partial charge on any atom is 0.255 e. The van der Waals surface area contributed by atoms with Gasteiger partial charge in [0.2, 0.25) is 0 Å². The monoisotopic (exact) mass is 242 g/mol. The molecule has 0 saturated carbocycles. The number of nitrogens with two attached hydrogens (primary N) is 1. The van der Waals surface area contributed by atoms with Crippen LogP contribution in [-0.2, 0) is 4.79 Å². The fourth-order valence-corrected chi connectivity index (χ4v) is 1.05. The van der Waals surface area contributed by atoms with Crippen LogP contribution in [0.3, 0.4) is 0 Å². The van der Waals surface area contributed by atoms with Crippen molar-refractivity contribution < 1.29 is 9.53 Å². The minimum Gasteiger partial charge on any atom is -0.484 e. The molecule has 3 N–H and O–H groups in total. The average molecular weight is 242 g/mol. The molecule has 0 spiro atoms. The van der Waals surface area contributed by atoms with Crippen LogP contribution >= 0.6 is 0 Å². The molecule has 0 aliphatic carbocycles. The van der Waals surface area contributed by atoms with Crippen LogP contribution in [0.4, 0.5) is 5.69 Å². The summed E-state index contributed by atoms with van der Waals surface area (Å²) in [6.07, 6.45) is 1.30. The van der Waals surface area contributed by atoms with Crippen molar-refractivity contribution in [1.29, 1.82) is 10.5 Å². The zero-order chi connectivity index (χ0) is 13.4. The summed E-state index contributed by atoms with van der Waals surface area (Å²) in [5, 5.41) is 19.8. The van der Waals surface area contributed by atoms with Crippen molar-refractivity contribution in [2.75, 3.05) is 11.9 Å². The number of nitrogens with zero attached hydrogens (tertiary/aromatic N) is 2. The third kappa shape index (κ3) is 4.25. The van der Waals surface area contributed by atoms with Gasteiger partial charge in [-0.15, -0.1) is 0 Å². The standard InChI is InChI=1S/C12H10N4O2/c13-5-9(6-14)7-16-10-1-3-11(4-2-10)18-8-12(15)17/h1-4,7,16H,8H2,(H2,15,17). The molecular formula is C12H10N4O2. The van der Waals surface area contributed by atoms with Gasteiger partial charge in [0.15, 0.2) is 6.61 Å². The van der Waals surface area contributed by atoms with Crippen molar-refractivity contribution >= 4 is 11.6 Å². The van der Waals surface area contributed by atoms with Crippen molar-refractivity contribution in [3.8, 4) is 17.9 Å². The van der Waals surface area contributed by atoms with E-state index in [0.717, 1.165) is 0 Å². The number of carbonyl (C=O) groups excluding carboxylic acids is 1. The van der Waals surface area contributed by atoms with E-state index in [1.165, 1.54) is 6.20 Å². The number of anilines is 1. The highest BCUT2D eigenvalue weighted by Gasteiger charge is 1.98. The molecule has 0 saturated heterocycles. The van der Waals surface area contributed by atoms with Crippen LogP contribution in [-0.4, -0.2) is 12.5 Å². The zero-order valence-corrected chi connectivity index (χ0v) is 9.38. The summed E-state index contributed by atoms with van der Waals surface area (Å²) in [7, 11) is 0. The Labute approximate surface area is 104 Å². The summed E-state index contributed by atoms with van der Waals surface area (Å²) in [4.78, 5) is 10.5. The molecule has 0 fully saturated rings. The summed E-state index contributed by atoms with van der Waals surface area (Å²) in [5.41, 5.74) is 5.60. The summed E-state index contributed by atoms with van der Waals surface area (Å²) < 4.78 is 5.07. The maximum absolute atomic E-state index is 10.5. The first-order valence-electron chi connectivity index (χ1n) is 4.94. The van der Waals surface area contributed by atoms with Crippen LogP contribution in [0.1, 0.15) is 0 Å². The lowest BCUT2D eigenvalue weighted by Crippen LogP contribution is -2.19. The lowest BCUT2D eigenvalue weighted by molar-refractivity contribution is -0.119. The molecule has 1 aromatic rings. The van der Waals surface area contributed by atoms with Gasteiger partial charge >= 0.3 is 0 Å². The fourth-order valence-electron chi connectivity index (χ4n) is 1.05. The van der Waals surface area contributed by atoms with E-state index >= 15 is 0 Å². The quantitative estimate of drug-likeness (QED) is 0.745. The molecule has 0 atom stereocenters. The molecule has 0 aliphatic heterocycles. The Kier molecular flexibility index (Phi) is 4.77. The summed E-state index contributed by atoms with van der Waals surface area (Å²) in [6, 6.07) is 10.1. The van der Waals surface area contributed by atoms with Gasteiger partial charge in [0, 0.05) is 11.9 Å². The van der Waals surface area contributed by atoms with Crippen LogP contribution in [0.15, 0.2) is 36.0 Å². The molecule has 0 unspecified atom stereocenters. The number of hydrogen-bond acceptors (Lipinski definition) is 5. The van der Waals surface area contributed by atoms with Crippen molar-refractivity contribution in [1.82, 2.24) is 0 Å². The number of benzene rings is 1. The maximum atomic E-state index is 10.5. The topological polar surface area (TPSA) is 112 Å². The smallest absolute Gasteiger partial charge is 0.255 e. The number of nitrogens with one attached hydrogen (secondary N) is 1. The number of hydrogen-bond donors (Lipinski definition) is 2. The highest BCUT2D eigenvalue weighted by atomic mass is 16.5. The molecule has 0 heterocycles. The molecule has 0 bridgehead atoms. The van der Waals surface area contributed by atoms with Crippen molar-refractivity contribution in [3.05, 3.63) is 36.0 Å². The van der Waals surface area contributed by atoms with Gasteiger partial charge in [-0.1, -0.05) is 0 Å². The lowest BCUT2D eigenvalue weighted by atomic mass is 10.3. The van der Waals surface area contributed by atoms with Gasteiger partial charge in [0.25, 0.3) is 5.91 Å². The molecule has 90 valence electrons. The molecule has 6 nitrogen and oxygen atoms in total. The second kappa shape index (κ2) is 6.56. The van der Waals surface area contributed by atoms with Gasteiger partial charge in [0.05, 0.1) is 0 Å². The predicted octanol–water partition coefficient (Wildman–Crippen LogP) is 0.894.